The van der Waals surface area contributed by atoms with Crippen LogP contribution in [0.25, 0.3) is 0 Å². The van der Waals surface area contributed by atoms with E-state index in [9.17, 15) is 9.59 Å². The Balaban J connectivity index is 0.00000312. The molecular weight excluding hydrogens is 342 g/mol. The van der Waals surface area contributed by atoms with Gasteiger partial charge in [0.1, 0.15) is 12.0 Å². The van der Waals surface area contributed by atoms with E-state index in [1.54, 1.807) is 13.1 Å². The zero-order valence-electron chi connectivity index (χ0n) is 14.9. The van der Waals surface area contributed by atoms with Crippen LogP contribution in [-0.2, 0) is 11.3 Å². The predicted octanol–water partition coefficient (Wildman–Crippen LogP) is 2.80. The van der Waals surface area contributed by atoms with Gasteiger partial charge >= 0.3 is 0 Å². The van der Waals surface area contributed by atoms with Gasteiger partial charge in [-0.05, 0) is 38.0 Å². The van der Waals surface area contributed by atoms with E-state index < -0.39 is 0 Å². The Bertz CT molecular complexity index is 748. The van der Waals surface area contributed by atoms with Crippen molar-refractivity contribution in [2.24, 2.45) is 5.73 Å². The summed E-state index contributed by atoms with van der Waals surface area (Å²) in [7, 11) is 1.58. The summed E-state index contributed by atoms with van der Waals surface area (Å²) in [4.78, 5) is 25.9. The summed E-state index contributed by atoms with van der Waals surface area (Å²) in [5.74, 6) is -0.00324. The summed E-state index contributed by atoms with van der Waals surface area (Å²) in [5.41, 5.74) is 9.78. The number of furan rings is 1. The second kappa shape index (κ2) is 8.69. The summed E-state index contributed by atoms with van der Waals surface area (Å²) >= 11 is 0. The van der Waals surface area contributed by atoms with Crippen molar-refractivity contribution in [3.05, 3.63) is 52.5 Å². The molecule has 1 heterocycles. The molecule has 25 heavy (non-hydrogen) atoms. The van der Waals surface area contributed by atoms with Crippen molar-refractivity contribution in [1.82, 2.24) is 4.90 Å². The number of rotatable bonds is 5. The highest BCUT2D eigenvalue weighted by Gasteiger charge is 2.18. The lowest BCUT2D eigenvalue weighted by atomic mass is 10.1. The van der Waals surface area contributed by atoms with Crippen LogP contribution in [0, 0.1) is 20.8 Å². The molecule has 0 aliphatic rings. The SMILES string of the molecule is Cc1cc(C)c(NC(=O)CN(C)C(=O)c2coc(CN)c2)c(C)c1.Cl. The largest absolute Gasteiger partial charge is 0.467 e. The van der Waals surface area contributed by atoms with Crippen molar-refractivity contribution in [2.75, 3.05) is 18.9 Å². The minimum absolute atomic E-state index is 0. The Hall–Kier alpha value is -2.31. The van der Waals surface area contributed by atoms with Crippen LogP contribution in [0.1, 0.15) is 32.8 Å². The van der Waals surface area contributed by atoms with Crippen LogP contribution in [-0.4, -0.2) is 30.3 Å². The molecule has 0 aliphatic heterocycles. The third-order valence-corrected chi connectivity index (χ3v) is 3.77. The first kappa shape index (κ1) is 20.7. The molecule has 0 atom stereocenters. The van der Waals surface area contributed by atoms with E-state index in [1.165, 1.54) is 11.2 Å². The van der Waals surface area contributed by atoms with Gasteiger partial charge in [-0.1, -0.05) is 17.7 Å². The molecule has 0 unspecified atom stereocenters. The van der Waals surface area contributed by atoms with Crippen LogP contribution in [0.2, 0.25) is 0 Å². The Morgan fingerprint density at radius 1 is 1.16 bits per heavy atom. The van der Waals surface area contributed by atoms with E-state index in [-0.39, 0.29) is 37.3 Å². The third kappa shape index (κ3) is 5.08. The molecule has 0 bridgehead atoms. The van der Waals surface area contributed by atoms with Gasteiger partial charge in [0.15, 0.2) is 0 Å². The van der Waals surface area contributed by atoms with Crippen LogP contribution < -0.4 is 11.1 Å². The fourth-order valence-corrected chi connectivity index (χ4v) is 2.66. The van der Waals surface area contributed by atoms with Gasteiger partial charge in [-0.2, -0.15) is 0 Å². The molecule has 0 spiro atoms. The van der Waals surface area contributed by atoms with E-state index in [0.717, 1.165) is 22.4 Å². The smallest absolute Gasteiger partial charge is 0.257 e. The maximum atomic E-state index is 12.3. The second-order valence-corrected chi connectivity index (χ2v) is 5.99. The predicted molar refractivity (Wildman–Crippen MR) is 100 cm³/mol. The van der Waals surface area contributed by atoms with Crippen LogP contribution in [0.5, 0.6) is 0 Å². The van der Waals surface area contributed by atoms with E-state index in [2.05, 4.69) is 5.32 Å². The van der Waals surface area contributed by atoms with E-state index in [1.807, 2.05) is 32.9 Å². The Kier molecular flexibility index (Phi) is 7.21. The number of nitrogens with one attached hydrogen (secondary N) is 1. The lowest BCUT2D eigenvalue weighted by molar-refractivity contribution is -0.116. The molecule has 1 aromatic carbocycles. The fraction of sp³-hybridized carbons (Fsp3) is 0.333. The molecule has 6 nitrogen and oxygen atoms in total. The molecule has 0 aliphatic carbocycles. The molecular formula is C18H24ClN3O3. The van der Waals surface area contributed by atoms with Crippen LogP contribution in [0.3, 0.4) is 0 Å². The van der Waals surface area contributed by atoms with Crippen LogP contribution in [0.4, 0.5) is 5.69 Å². The molecule has 0 fully saturated rings. The van der Waals surface area contributed by atoms with E-state index >= 15 is 0 Å². The van der Waals surface area contributed by atoms with Crippen molar-refractivity contribution < 1.29 is 14.0 Å². The average Bonchev–Trinajstić information content (AvgIpc) is 2.99. The van der Waals surface area contributed by atoms with Gasteiger partial charge in [0.2, 0.25) is 5.91 Å². The summed E-state index contributed by atoms with van der Waals surface area (Å²) in [6.45, 7) is 6.09. The Morgan fingerprint density at radius 3 is 2.28 bits per heavy atom. The van der Waals surface area contributed by atoms with Crippen molar-refractivity contribution >= 4 is 29.9 Å². The molecule has 136 valence electrons. The van der Waals surface area contributed by atoms with Crippen LogP contribution in [0.15, 0.2) is 28.9 Å². The fourth-order valence-electron chi connectivity index (χ4n) is 2.66. The van der Waals surface area contributed by atoms with Crippen LogP contribution >= 0.6 is 12.4 Å². The molecule has 2 amide bonds. The maximum Gasteiger partial charge on any atom is 0.257 e. The lowest BCUT2D eigenvalue weighted by Crippen LogP contribution is -2.35. The number of amides is 2. The molecule has 0 saturated carbocycles. The number of carbonyl (C=O) groups excluding carboxylic acids is 2. The molecule has 0 radical (unpaired) electrons. The number of anilines is 1. The van der Waals surface area contributed by atoms with Gasteiger partial charge in [0.05, 0.1) is 18.7 Å². The molecule has 1 aromatic heterocycles. The Labute approximate surface area is 153 Å². The van der Waals surface area contributed by atoms with Gasteiger partial charge in [0.25, 0.3) is 5.91 Å². The first-order valence-electron chi connectivity index (χ1n) is 7.72. The van der Waals surface area contributed by atoms with Crippen molar-refractivity contribution in [1.29, 1.82) is 0 Å². The monoisotopic (exact) mass is 365 g/mol. The van der Waals surface area contributed by atoms with Gasteiger partial charge in [-0.3, -0.25) is 9.59 Å². The number of likely N-dealkylation sites (N-methyl/N-ethyl adjacent to an activating group) is 1. The highest BCUT2D eigenvalue weighted by atomic mass is 35.5. The molecule has 3 N–H and O–H groups in total. The maximum absolute atomic E-state index is 12.3. The summed E-state index contributed by atoms with van der Waals surface area (Å²) < 4.78 is 5.16. The lowest BCUT2D eigenvalue weighted by Gasteiger charge is -2.18. The normalized spacial score (nSPS) is 10.1. The minimum atomic E-state index is -0.286. The zero-order chi connectivity index (χ0) is 17.9. The van der Waals surface area contributed by atoms with Gasteiger partial charge in [-0.15, -0.1) is 12.4 Å². The highest BCUT2D eigenvalue weighted by molar-refractivity contribution is 5.99. The quantitative estimate of drug-likeness (QED) is 0.852. The number of nitrogens with two attached hydrogens (primary N) is 1. The van der Waals surface area contributed by atoms with Gasteiger partial charge in [-0.25, -0.2) is 0 Å². The third-order valence-electron chi connectivity index (χ3n) is 3.77. The second-order valence-electron chi connectivity index (χ2n) is 5.99. The van der Waals surface area contributed by atoms with Crippen molar-refractivity contribution in [2.45, 2.75) is 27.3 Å². The number of aryl methyl sites for hydroxylation is 3. The van der Waals surface area contributed by atoms with E-state index in [0.29, 0.717) is 11.3 Å². The Morgan fingerprint density at radius 2 is 1.76 bits per heavy atom. The summed E-state index contributed by atoms with van der Waals surface area (Å²) in [6, 6.07) is 5.61. The molecule has 7 heteroatoms. The molecule has 2 aromatic rings. The standard InChI is InChI=1S/C18H23N3O3.ClH/c1-11-5-12(2)17(13(3)6-11)20-16(22)9-21(4)18(23)14-7-15(8-19)24-10-14;/h5-7,10H,8-9,19H2,1-4H3,(H,20,22);1H. The topological polar surface area (TPSA) is 88.6 Å². The van der Waals surface area contributed by atoms with Crippen molar-refractivity contribution in [3.63, 3.8) is 0 Å². The number of carbonyl (C=O) groups is 2. The van der Waals surface area contributed by atoms with E-state index in [4.69, 9.17) is 10.2 Å². The number of hydrogen-bond donors (Lipinski definition) is 2. The first-order valence-corrected chi connectivity index (χ1v) is 7.72. The van der Waals surface area contributed by atoms with Gasteiger partial charge in [0, 0.05) is 12.7 Å². The number of benzene rings is 1. The van der Waals surface area contributed by atoms with Crippen molar-refractivity contribution in [3.8, 4) is 0 Å². The first-order chi connectivity index (χ1) is 11.3. The van der Waals surface area contributed by atoms with Gasteiger partial charge < -0.3 is 20.4 Å². The number of halogens is 1. The number of nitrogens with zero attached hydrogens (tertiary/aromatic N) is 1. The number of hydrogen-bond acceptors (Lipinski definition) is 4. The average molecular weight is 366 g/mol. The molecule has 0 saturated heterocycles. The summed E-state index contributed by atoms with van der Waals surface area (Å²) in [5, 5.41) is 2.88. The highest BCUT2D eigenvalue weighted by Crippen LogP contribution is 2.21. The summed E-state index contributed by atoms with van der Waals surface area (Å²) in [6.07, 6.45) is 1.35. The minimum Gasteiger partial charge on any atom is -0.467 e. The zero-order valence-corrected chi connectivity index (χ0v) is 15.7. The molecule has 2 rings (SSSR count).